The molecule has 0 saturated carbocycles. The number of carbonyl (C=O) groups is 1. The van der Waals surface area contributed by atoms with Gasteiger partial charge in [0, 0.05) is 30.3 Å². The molecule has 0 aliphatic heterocycles. The summed E-state index contributed by atoms with van der Waals surface area (Å²) in [5.74, 6) is -0.318. The molecule has 21 heavy (non-hydrogen) atoms. The molecule has 4 N–H and O–H groups in total. The molecule has 0 radical (unpaired) electrons. The molecule has 0 bridgehead atoms. The number of anilines is 2. The van der Waals surface area contributed by atoms with Crippen molar-refractivity contribution < 1.29 is 4.79 Å². The first-order valence-corrected chi connectivity index (χ1v) is 6.48. The van der Waals surface area contributed by atoms with E-state index in [0.29, 0.717) is 16.4 Å². The maximum atomic E-state index is 11.8. The van der Waals surface area contributed by atoms with Crippen molar-refractivity contribution >= 4 is 28.9 Å². The molecule has 7 nitrogen and oxygen atoms in total. The van der Waals surface area contributed by atoms with Crippen molar-refractivity contribution in [1.29, 1.82) is 0 Å². The van der Waals surface area contributed by atoms with Crippen LogP contribution in [0.15, 0.2) is 40.1 Å². The Kier molecular flexibility index (Phi) is 4.44. The van der Waals surface area contributed by atoms with E-state index in [-0.39, 0.29) is 18.9 Å². The summed E-state index contributed by atoms with van der Waals surface area (Å²) in [7, 11) is 0. The van der Waals surface area contributed by atoms with Crippen LogP contribution < -0.4 is 22.3 Å². The second-order valence-electron chi connectivity index (χ2n) is 4.33. The fourth-order valence-electron chi connectivity index (χ4n) is 1.69. The highest BCUT2D eigenvalue weighted by Crippen LogP contribution is 2.22. The van der Waals surface area contributed by atoms with Crippen LogP contribution in [0.2, 0.25) is 5.02 Å². The lowest BCUT2D eigenvalue weighted by molar-refractivity contribution is -0.116. The summed E-state index contributed by atoms with van der Waals surface area (Å²) in [5, 5.41) is 3.07. The van der Waals surface area contributed by atoms with Gasteiger partial charge >= 0.3 is 5.69 Å². The molecule has 0 atom stereocenters. The highest BCUT2D eigenvalue weighted by molar-refractivity contribution is 6.31. The predicted octanol–water partition coefficient (Wildman–Crippen LogP) is 0.801. The quantitative estimate of drug-likeness (QED) is 0.726. The summed E-state index contributed by atoms with van der Waals surface area (Å²) in [4.78, 5) is 36.3. The summed E-state index contributed by atoms with van der Waals surface area (Å²) in [6.07, 6.45) is 1.39. The first-order chi connectivity index (χ1) is 9.95. The molecule has 0 aliphatic carbocycles. The lowest BCUT2D eigenvalue weighted by Gasteiger charge is -2.09. The molecule has 1 aromatic heterocycles. The molecule has 0 aliphatic rings. The number of amides is 1. The fourth-order valence-corrected chi connectivity index (χ4v) is 1.86. The van der Waals surface area contributed by atoms with Crippen molar-refractivity contribution in [3.05, 3.63) is 56.3 Å². The Morgan fingerprint density at radius 3 is 2.81 bits per heavy atom. The molecule has 8 heteroatoms. The topological polar surface area (TPSA) is 110 Å². The summed E-state index contributed by atoms with van der Waals surface area (Å²) in [6, 6.07) is 5.96. The summed E-state index contributed by atoms with van der Waals surface area (Å²) in [6.45, 7) is 0.141. The van der Waals surface area contributed by atoms with Crippen LogP contribution in [-0.2, 0) is 11.3 Å². The van der Waals surface area contributed by atoms with Crippen LogP contribution >= 0.6 is 11.6 Å². The zero-order valence-electron chi connectivity index (χ0n) is 10.9. The van der Waals surface area contributed by atoms with Gasteiger partial charge in [-0.1, -0.05) is 11.6 Å². The zero-order chi connectivity index (χ0) is 15.4. The van der Waals surface area contributed by atoms with Gasteiger partial charge in [-0.2, -0.15) is 0 Å². The van der Waals surface area contributed by atoms with Gasteiger partial charge in [0.2, 0.25) is 5.91 Å². The average molecular weight is 309 g/mol. The van der Waals surface area contributed by atoms with Crippen LogP contribution in [0.4, 0.5) is 11.4 Å². The predicted molar refractivity (Wildman–Crippen MR) is 80.4 cm³/mol. The number of aryl methyl sites for hydroxylation is 1. The largest absolute Gasteiger partial charge is 0.397 e. The lowest BCUT2D eigenvalue weighted by Crippen LogP contribution is -2.29. The monoisotopic (exact) mass is 308 g/mol. The van der Waals surface area contributed by atoms with Gasteiger partial charge in [0.25, 0.3) is 5.56 Å². The number of nitrogens with zero attached hydrogens (tertiary/aromatic N) is 1. The number of nitrogens with two attached hydrogens (primary N) is 1. The number of aromatic amines is 1. The number of H-pyrrole nitrogens is 1. The molecule has 0 unspecified atom stereocenters. The van der Waals surface area contributed by atoms with Crippen molar-refractivity contribution in [3.8, 4) is 0 Å². The second kappa shape index (κ2) is 6.27. The summed E-state index contributed by atoms with van der Waals surface area (Å²) >= 11 is 5.82. The van der Waals surface area contributed by atoms with E-state index in [2.05, 4.69) is 10.3 Å². The number of halogens is 1. The van der Waals surface area contributed by atoms with Gasteiger partial charge in [0.05, 0.1) is 11.4 Å². The van der Waals surface area contributed by atoms with Gasteiger partial charge in [-0.25, -0.2) is 4.79 Å². The number of hydrogen-bond donors (Lipinski definition) is 3. The van der Waals surface area contributed by atoms with E-state index in [4.69, 9.17) is 17.3 Å². The highest BCUT2D eigenvalue weighted by atomic mass is 35.5. The molecule has 2 aromatic rings. The van der Waals surface area contributed by atoms with E-state index in [0.717, 1.165) is 0 Å². The summed E-state index contributed by atoms with van der Waals surface area (Å²) < 4.78 is 1.24. The second-order valence-corrected chi connectivity index (χ2v) is 4.77. The standard InChI is InChI=1S/C13H13ClN4O3/c14-8-1-2-9(15)10(7-8)16-11(19)3-5-18-6-4-12(20)17-13(18)21/h1-2,4,6-7H,3,5,15H2,(H,16,19)(H,17,20,21). The minimum absolute atomic E-state index is 0.0535. The molecule has 1 heterocycles. The van der Waals surface area contributed by atoms with E-state index in [9.17, 15) is 14.4 Å². The molecule has 1 aromatic carbocycles. The van der Waals surface area contributed by atoms with E-state index in [1.807, 2.05) is 0 Å². The third kappa shape index (κ3) is 3.96. The molecule has 1 amide bonds. The minimum atomic E-state index is -0.558. The van der Waals surface area contributed by atoms with Gasteiger partial charge in [-0.15, -0.1) is 0 Å². The molecule has 0 spiro atoms. The van der Waals surface area contributed by atoms with Gasteiger partial charge in [-0.05, 0) is 18.2 Å². The molecular formula is C13H13ClN4O3. The smallest absolute Gasteiger partial charge is 0.328 e. The number of benzene rings is 1. The third-order valence-corrected chi connectivity index (χ3v) is 3.00. The van der Waals surface area contributed by atoms with Crippen molar-refractivity contribution in [3.63, 3.8) is 0 Å². The maximum Gasteiger partial charge on any atom is 0.328 e. The SMILES string of the molecule is Nc1ccc(Cl)cc1NC(=O)CCn1ccc(=O)[nH]c1=O. The van der Waals surface area contributed by atoms with Crippen LogP contribution in [0.5, 0.6) is 0 Å². The van der Waals surface area contributed by atoms with Crippen LogP contribution in [0.3, 0.4) is 0 Å². The van der Waals surface area contributed by atoms with Crippen molar-refractivity contribution in [2.24, 2.45) is 0 Å². The molecule has 110 valence electrons. The Morgan fingerprint density at radius 1 is 1.33 bits per heavy atom. The van der Waals surface area contributed by atoms with E-state index < -0.39 is 11.2 Å². The number of nitrogen functional groups attached to an aromatic ring is 1. The maximum absolute atomic E-state index is 11.8. The Bertz CT molecular complexity index is 781. The summed E-state index contributed by atoms with van der Waals surface area (Å²) in [5.41, 5.74) is 5.50. The first kappa shape index (κ1) is 14.9. The third-order valence-electron chi connectivity index (χ3n) is 2.77. The van der Waals surface area contributed by atoms with Gasteiger partial charge < -0.3 is 15.6 Å². The number of hydrogen-bond acceptors (Lipinski definition) is 4. The van der Waals surface area contributed by atoms with Crippen molar-refractivity contribution in [2.75, 3.05) is 11.1 Å². The molecule has 0 saturated heterocycles. The zero-order valence-corrected chi connectivity index (χ0v) is 11.7. The molecule has 0 fully saturated rings. The van der Waals surface area contributed by atoms with E-state index in [1.165, 1.54) is 16.8 Å². The Morgan fingerprint density at radius 2 is 2.10 bits per heavy atom. The Labute approximate surface area is 124 Å². The van der Waals surface area contributed by atoms with Gasteiger partial charge in [-0.3, -0.25) is 14.6 Å². The number of rotatable bonds is 4. The van der Waals surface area contributed by atoms with Crippen LogP contribution in [-0.4, -0.2) is 15.5 Å². The van der Waals surface area contributed by atoms with Crippen LogP contribution in [0, 0.1) is 0 Å². The van der Waals surface area contributed by atoms with Gasteiger partial charge in [0.1, 0.15) is 0 Å². The van der Waals surface area contributed by atoms with Crippen LogP contribution in [0.25, 0.3) is 0 Å². The van der Waals surface area contributed by atoms with E-state index >= 15 is 0 Å². The molecular weight excluding hydrogens is 296 g/mol. The highest BCUT2D eigenvalue weighted by Gasteiger charge is 2.07. The normalized spacial score (nSPS) is 10.3. The Balaban J connectivity index is 2.00. The van der Waals surface area contributed by atoms with E-state index in [1.54, 1.807) is 18.2 Å². The van der Waals surface area contributed by atoms with Gasteiger partial charge in [0.15, 0.2) is 0 Å². The number of nitrogens with one attached hydrogen (secondary N) is 2. The Hall–Kier alpha value is -2.54. The lowest BCUT2D eigenvalue weighted by atomic mass is 10.2. The number of carbonyl (C=O) groups excluding carboxylic acids is 1. The van der Waals surface area contributed by atoms with Crippen molar-refractivity contribution in [1.82, 2.24) is 9.55 Å². The minimum Gasteiger partial charge on any atom is -0.397 e. The fraction of sp³-hybridized carbons (Fsp3) is 0.154. The van der Waals surface area contributed by atoms with Crippen molar-refractivity contribution in [2.45, 2.75) is 13.0 Å². The average Bonchev–Trinajstić information content (AvgIpc) is 2.42. The first-order valence-electron chi connectivity index (χ1n) is 6.10. The number of aromatic nitrogens is 2. The van der Waals surface area contributed by atoms with Crippen LogP contribution in [0.1, 0.15) is 6.42 Å². The molecule has 2 rings (SSSR count).